The van der Waals surface area contributed by atoms with Crippen molar-refractivity contribution in [2.45, 2.75) is 18.1 Å². The molecular formula is C19H19N3O3S. The lowest BCUT2D eigenvalue weighted by Crippen LogP contribution is -2.19. The second-order valence-corrected chi connectivity index (χ2v) is 6.58. The van der Waals surface area contributed by atoms with Crippen molar-refractivity contribution in [2.75, 3.05) is 12.9 Å². The van der Waals surface area contributed by atoms with Crippen molar-refractivity contribution in [3.63, 3.8) is 0 Å². The molecule has 3 rings (SSSR count). The number of hydrogen-bond acceptors (Lipinski definition) is 5. The minimum atomic E-state index is -0.264. The average molecular weight is 369 g/mol. The van der Waals surface area contributed by atoms with Crippen LogP contribution < -0.4 is 10.4 Å². The predicted octanol–water partition coefficient (Wildman–Crippen LogP) is 2.80. The van der Waals surface area contributed by atoms with Gasteiger partial charge in [-0.3, -0.25) is 9.36 Å². The summed E-state index contributed by atoms with van der Waals surface area (Å²) in [5, 5.41) is 7.02. The van der Waals surface area contributed by atoms with Crippen LogP contribution in [-0.4, -0.2) is 33.4 Å². The van der Waals surface area contributed by atoms with Crippen molar-refractivity contribution in [3.8, 4) is 5.75 Å². The molecule has 0 amide bonds. The maximum Gasteiger partial charge on any atom is 0.343 e. The molecule has 0 aliphatic carbocycles. The van der Waals surface area contributed by atoms with E-state index in [9.17, 15) is 9.59 Å². The predicted molar refractivity (Wildman–Crippen MR) is 101 cm³/mol. The molecule has 0 bridgehead atoms. The number of hydrogen-bond donors (Lipinski definition) is 1. The average Bonchev–Trinajstić information content (AvgIpc) is 3.05. The first-order valence-electron chi connectivity index (χ1n) is 8.16. The molecular weight excluding hydrogens is 350 g/mol. The van der Waals surface area contributed by atoms with Gasteiger partial charge in [-0.25, -0.2) is 9.89 Å². The summed E-state index contributed by atoms with van der Waals surface area (Å²) in [6, 6.07) is 16.9. The van der Waals surface area contributed by atoms with Crippen LogP contribution in [0.15, 0.2) is 64.5 Å². The molecule has 0 unspecified atom stereocenters. The van der Waals surface area contributed by atoms with Gasteiger partial charge in [-0.05, 0) is 36.2 Å². The van der Waals surface area contributed by atoms with Crippen LogP contribution in [0.1, 0.15) is 15.9 Å². The van der Waals surface area contributed by atoms with Gasteiger partial charge in [-0.1, -0.05) is 42.1 Å². The molecule has 6 nitrogen and oxygen atoms in total. The molecule has 0 aliphatic rings. The normalized spacial score (nSPS) is 10.7. The number of ether oxygens (including phenoxy) is 1. The van der Waals surface area contributed by atoms with E-state index in [4.69, 9.17) is 4.74 Å². The van der Waals surface area contributed by atoms with Gasteiger partial charge in [0.2, 0.25) is 0 Å². The third kappa shape index (κ3) is 4.43. The van der Waals surface area contributed by atoms with Crippen LogP contribution in [0.25, 0.3) is 0 Å². The van der Waals surface area contributed by atoms with E-state index in [0.29, 0.717) is 23.0 Å². The molecule has 7 heteroatoms. The first-order chi connectivity index (χ1) is 12.7. The lowest BCUT2D eigenvalue weighted by Gasteiger charge is -2.06. The third-order valence-corrected chi connectivity index (χ3v) is 4.91. The van der Waals surface area contributed by atoms with Crippen LogP contribution in [-0.2, 0) is 13.0 Å². The van der Waals surface area contributed by atoms with Gasteiger partial charge in [0.15, 0.2) is 10.9 Å². The molecule has 0 fully saturated rings. The number of Topliss-reactive ketones (excluding diaryl/α,β-unsaturated/α-hetero) is 1. The molecule has 1 N–H and O–H groups in total. The fourth-order valence-electron chi connectivity index (χ4n) is 2.49. The zero-order chi connectivity index (χ0) is 18.4. The van der Waals surface area contributed by atoms with Gasteiger partial charge in [0.05, 0.1) is 12.9 Å². The number of benzene rings is 2. The summed E-state index contributed by atoms with van der Waals surface area (Å²) in [5.74, 6) is 0.890. The largest absolute Gasteiger partial charge is 0.497 e. The van der Waals surface area contributed by atoms with Gasteiger partial charge >= 0.3 is 5.69 Å². The number of nitrogens with one attached hydrogen (secondary N) is 1. The number of methoxy groups -OCH3 is 1. The number of aryl methyl sites for hydroxylation is 1. The van der Waals surface area contributed by atoms with Crippen molar-refractivity contribution in [1.29, 1.82) is 0 Å². The Morgan fingerprint density at radius 3 is 2.58 bits per heavy atom. The molecule has 2 aromatic carbocycles. The van der Waals surface area contributed by atoms with Gasteiger partial charge < -0.3 is 4.74 Å². The number of carbonyl (C=O) groups excluding carboxylic acids is 1. The number of nitrogens with zero attached hydrogens (tertiary/aromatic N) is 2. The van der Waals surface area contributed by atoms with E-state index in [-0.39, 0.29) is 17.2 Å². The van der Waals surface area contributed by atoms with Crippen molar-refractivity contribution < 1.29 is 9.53 Å². The maximum atomic E-state index is 12.3. The Bertz CT molecular complexity index is 917. The molecule has 0 aliphatic heterocycles. The Labute approximate surface area is 155 Å². The molecule has 0 radical (unpaired) electrons. The van der Waals surface area contributed by atoms with Crippen molar-refractivity contribution >= 4 is 17.5 Å². The first-order valence-corrected chi connectivity index (χ1v) is 9.15. The summed E-state index contributed by atoms with van der Waals surface area (Å²) >= 11 is 1.26. The van der Waals surface area contributed by atoms with E-state index in [1.165, 1.54) is 11.8 Å². The van der Waals surface area contributed by atoms with Crippen LogP contribution in [0.5, 0.6) is 5.75 Å². The minimum absolute atomic E-state index is 0.0253. The van der Waals surface area contributed by atoms with Crippen LogP contribution in [0.3, 0.4) is 0 Å². The molecule has 0 atom stereocenters. The molecule has 0 saturated heterocycles. The quantitative estimate of drug-likeness (QED) is 0.488. The highest BCUT2D eigenvalue weighted by atomic mass is 32.2. The third-order valence-electron chi connectivity index (χ3n) is 3.93. The smallest absolute Gasteiger partial charge is 0.343 e. The molecule has 0 saturated carbocycles. The highest BCUT2D eigenvalue weighted by Crippen LogP contribution is 2.18. The molecule has 0 spiro atoms. The van der Waals surface area contributed by atoms with E-state index < -0.39 is 0 Å². The van der Waals surface area contributed by atoms with Crippen LogP contribution >= 0.6 is 11.8 Å². The Kier molecular flexibility index (Phi) is 5.91. The lowest BCUT2D eigenvalue weighted by molar-refractivity contribution is 0.102. The number of H-pyrrole nitrogens is 1. The SMILES string of the molecule is COc1ccc(C(=O)CSc2n[nH]c(=O)n2CCc2ccccc2)cc1. The van der Waals surface area contributed by atoms with E-state index in [2.05, 4.69) is 10.2 Å². The fraction of sp³-hybridized carbons (Fsp3) is 0.211. The molecule has 1 heterocycles. The fourth-order valence-corrected chi connectivity index (χ4v) is 3.35. The summed E-state index contributed by atoms with van der Waals surface area (Å²) in [6.07, 6.45) is 0.722. The second kappa shape index (κ2) is 8.53. The molecule has 134 valence electrons. The number of aromatic amines is 1. The Morgan fingerprint density at radius 1 is 1.15 bits per heavy atom. The first kappa shape index (κ1) is 18.0. The Hall–Kier alpha value is -2.80. The van der Waals surface area contributed by atoms with Crippen molar-refractivity contribution in [1.82, 2.24) is 14.8 Å². The van der Waals surface area contributed by atoms with E-state index >= 15 is 0 Å². The van der Waals surface area contributed by atoms with Gasteiger partial charge in [-0.2, -0.15) is 0 Å². The van der Waals surface area contributed by atoms with Gasteiger partial charge in [0.1, 0.15) is 5.75 Å². The van der Waals surface area contributed by atoms with Crippen LogP contribution in [0, 0.1) is 0 Å². The maximum absolute atomic E-state index is 12.3. The van der Waals surface area contributed by atoms with Gasteiger partial charge in [-0.15, -0.1) is 5.10 Å². The number of carbonyl (C=O) groups is 1. The monoisotopic (exact) mass is 369 g/mol. The summed E-state index contributed by atoms with van der Waals surface area (Å²) < 4.78 is 6.66. The summed E-state index contributed by atoms with van der Waals surface area (Å²) in [4.78, 5) is 24.3. The van der Waals surface area contributed by atoms with Crippen molar-refractivity contribution in [3.05, 3.63) is 76.2 Å². The second-order valence-electron chi connectivity index (χ2n) is 5.64. The summed E-state index contributed by atoms with van der Waals surface area (Å²) in [6.45, 7) is 0.512. The summed E-state index contributed by atoms with van der Waals surface area (Å²) in [7, 11) is 1.58. The lowest BCUT2D eigenvalue weighted by atomic mass is 10.1. The van der Waals surface area contributed by atoms with E-state index in [0.717, 1.165) is 12.0 Å². The van der Waals surface area contributed by atoms with Gasteiger partial charge in [0, 0.05) is 12.1 Å². The zero-order valence-corrected chi connectivity index (χ0v) is 15.2. The Morgan fingerprint density at radius 2 is 1.88 bits per heavy atom. The highest BCUT2D eigenvalue weighted by molar-refractivity contribution is 7.99. The Balaban J connectivity index is 1.62. The highest BCUT2D eigenvalue weighted by Gasteiger charge is 2.13. The zero-order valence-electron chi connectivity index (χ0n) is 14.3. The number of ketones is 1. The number of aromatic nitrogens is 3. The standard InChI is InChI=1S/C19H19N3O3S/c1-25-16-9-7-15(8-10-16)17(23)13-26-19-21-20-18(24)22(19)12-11-14-5-3-2-4-6-14/h2-10H,11-13H2,1H3,(H,20,24). The summed E-state index contributed by atoms with van der Waals surface area (Å²) in [5.41, 5.74) is 1.48. The number of thioether (sulfide) groups is 1. The molecule has 26 heavy (non-hydrogen) atoms. The molecule has 3 aromatic rings. The molecule has 1 aromatic heterocycles. The van der Waals surface area contributed by atoms with Gasteiger partial charge in [0.25, 0.3) is 0 Å². The van der Waals surface area contributed by atoms with E-state index in [1.807, 2.05) is 30.3 Å². The van der Waals surface area contributed by atoms with Crippen LogP contribution in [0.4, 0.5) is 0 Å². The van der Waals surface area contributed by atoms with E-state index in [1.54, 1.807) is 35.9 Å². The van der Waals surface area contributed by atoms with Crippen molar-refractivity contribution in [2.24, 2.45) is 0 Å². The minimum Gasteiger partial charge on any atom is -0.497 e. The topological polar surface area (TPSA) is 77.0 Å². The van der Waals surface area contributed by atoms with Crippen LogP contribution in [0.2, 0.25) is 0 Å². The number of rotatable bonds is 8.